The van der Waals surface area contributed by atoms with Crippen LogP contribution in [-0.4, -0.2) is 5.11 Å². The van der Waals surface area contributed by atoms with Crippen molar-refractivity contribution in [1.82, 2.24) is 0 Å². The first-order valence-electron chi connectivity index (χ1n) is 5.11. The minimum absolute atomic E-state index is 0.322. The average Bonchev–Trinajstić information content (AvgIpc) is 2.32. The van der Waals surface area contributed by atoms with Gasteiger partial charge in [0.2, 0.25) is 0 Å². The summed E-state index contributed by atoms with van der Waals surface area (Å²) >= 11 is 0. The number of hydrogen-bond donors (Lipinski definition) is 1. The Morgan fingerprint density at radius 1 is 0.800 bits per heavy atom. The summed E-state index contributed by atoms with van der Waals surface area (Å²) in [6.07, 6.45) is 1.14. The summed E-state index contributed by atoms with van der Waals surface area (Å²) in [4.78, 5) is 0. The second kappa shape index (κ2) is 6.66. The van der Waals surface area contributed by atoms with Crippen LogP contribution in [0.3, 0.4) is 0 Å². The Hall–Kier alpha value is -1.76. The minimum atomic E-state index is 0.322. The molecule has 0 atom stereocenters. The van der Waals surface area contributed by atoms with Crippen molar-refractivity contribution in [3.8, 4) is 5.75 Å². The molecule has 15 heavy (non-hydrogen) atoms. The maximum Gasteiger partial charge on any atom is 0.115 e. The van der Waals surface area contributed by atoms with Gasteiger partial charge in [-0.25, -0.2) is 0 Å². The Morgan fingerprint density at radius 3 is 1.53 bits per heavy atom. The lowest BCUT2D eigenvalue weighted by Crippen LogP contribution is -1.73. The van der Waals surface area contributed by atoms with Gasteiger partial charge < -0.3 is 5.11 Å². The van der Waals surface area contributed by atoms with Crippen LogP contribution in [0.15, 0.2) is 60.7 Å². The molecule has 0 aliphatic heterocycles. The molecule has 0 bridgehead atoms. The lowest BCUT2D eigenvalue weighted by Gasteiger charge is -1.89. The molecule has 0 saturated heterocycles. The van der Waals surface area contributed by atoms with E-state index < -0.39 is 0 Å². The Morgan fingerprint density at radius 2 is 1.27 bits per heavy atom. The van der Waals surface area contributed by atoms with Crippen molar-refractivity contribution < 1.29 is 5.11 Å². The molecule has 2 aromatic rings. The van der Waals surface area contributed by atoms with Crippen LogP contribution in [-0.2, 0) is 6.42 Å². The molecule has 0 aliphatic carbocycles. The average molecular weight is 200 g/mol. The quantitative estimate of drug-likeness (QED) is 0.745. The van der Waals surface area contributed by atoms with E-state index in [1.165, 1.54) is 5.56 Å². The van der Waals surface area contributed by atoms with E-state index in [1.807, 2.05) is 12.1 Å². The van der Waals surface area contributed by atoms with Crippen molar-refractivity contribution in [2.45, 2.75) is 13.3 Å². The molecular formula is C14H16O. The van der Waals surface area contributed by atoms with E-state index in [9.17, 15) is 0 Å². The predicted molar refractivity (Wildman–Crippen MR) is 63.9 cm³/mol. The van der Waals surface area contributed by atoms with Crippen molar-refractivity contribution in [2.24, 2.45) is 0 Å². The van der Waals surface area contributed by atoms with Crippen LogP contribution in [0.2, 0.25) is 0 Å². The first kappa shape index (κ1) is 11.3. The molecule has 2 rings (SSSR count). The largest absolute Gasteiger partial charge is 0.508 e. The van der Waals surface area contributed by atoms with Crippen molar-refractivity contribution in [3.63, 3.8) is 0 Å². The molecule has 78 valence electrons. The molecule has 0 saturated carbocycles. The van der Waals surface area contributed by atoms with Crippen molar-refractivity contribution in [2.75, 3.05) is 0 Å². The summed E-state index contributed by atoms with van der Waals surface area (Å²) in [5, 5.41) is 8.63. The van der Waals surface area contributed by atoms with Gasteiger partial charge in [0.25, 0.3) is 0 Å². The molecule has 0 spiro atoms. The standard InChI is InChI=1S/C8H10.C6H6O/c1-2-8-6-4-3-5-7-8;7-6-4-2-1-3-5-6/h3-7H,2H2,1H3;1-5,7H. The zero-order chi connectivity index (χ0) is 10.9. The summed E-state index contributed by atoms with van der Waals surface area (Å²) < 4.78 is 0. The first-order chi connectivity index (χ1) is 7.33. The van der Waals surface area contributed by atoms with Crippen LogP contribution in [0.1, 0.15) is 12.5 Å². The fraction of sp³-hybridized carbons (Fsp3) is 0.143. The summed E-state index contributed by atoms with van der Waals surface area (Å²) in [7, 11) is 0. The van der Waals surface area contributed by atoms with E-state index in [0.717, 1.165) is 6.42 Å². The monoisotopic (exact) mass is 200 g/mol. The Labute approximate surface area is 91.0 Å². The second-order valence-corrected chi connectivity index (χ2v) is 3.17. The number of para-hydroxylation sites is 1. The molecule has 0 amide bonds. The number of phenolic OH excluding ortho intramolecular Hbond substituents is 1. The number of phenols is 1. The summed E-state index contributed by atoms with van der Waals surface area (Å²) in [6, 6.07) is 19.2. The van der Waals surface area contributed by atoms with Crippen LogP contribution < -0.4 is 0 Å². The zero-order valence-corrected chi connectivity index (χ0v) is 8.93. The van der Waals surface area contributed by atoms with Crippen LogP contribution in [0.25, 0.3) is 0 Å². The van der Waals surface area contributed by atoms with E-state index >= 15 is 0 Å². The third-order valence-corrected chi connectivity index (χ3v) is 2.01. The summed E-state index contributed by atoms with van der Waals surface area (Å²) in [5.41, 5.74) is 1.41. The van der Waals surface area contributed by atoms with Gasteiger partial charge in [0, 0.05) is 0 Å². The van der Waals surface area contributed by atoms with Crippen molar-refractivity contribution in [3.05, 3.63) is 66.2 Å². The molecule has 0 heterocycles. The molecule has 0 fully saturated rings. The highest BCUT2D eigenvalue weighted by Crippen LogP contribution is 2.02. The molecule has 1 nitrogen and oxygen atoms in total. The fourth-order valence-corrected chi connectivity index (χ4v) is 1.14. The minimum Gasteiger partial charge on any atom is -0.508 e. The summed E-state index contributed by atoms with van der Waals surface area (Å²) in [6.45, 7) is 2.16. The summed E-state index contributed by atoms with van der Waals surface area (Å²) in [5.74, 6) is 0.322. The maximum absolute atomic E-state index is 8.63. The molecule has 1 heteroatoms. The van der Waals surface area contributed by atoms with Crippen LogP contribution in [0.4, 0.5) is 0 Å². The van der Waals surface area contributed by atoms with E-state index in [4.69, 9.17) is 5.11 Å². The number of aromatic hydroxyl groups is 1. The van der Waals surface area contributed by atoms with Crippen LogP contribution >= 0.6 is 0 Å². The maximum atomic E-state index is 8.63. The predicted octanol–water partition coefficient (Wildman–Crippen LogP) is 3.64. The van der Waals surface area contributed by atoms with E-state index in [0.29, 0.717) is 5.75 Å². The third-order valence-electron chi connectivity index (χ3n) is 2.01. The zero-order valence-electron chi connectivity index (χ0n) is 8.93. The lowest BCUT2D eigenvalue weighted by molar-refractivity contribution is 0.475. The Kier molecular flexibility index (Phi) is 5.02. The van der Waals surface area contributed by atoms with E-state index in [2.05, 4.69) is 31.2 Å². The lowest BCUT2D eigenvalue weighted by atomic mass is 10.2. The smallest absolute Gasteiger partial charge is 0.115 e. The highest BCUT2D eigenvalue weighted by Gasteiger charge is 1.80. The first-order valence-corrected chi connectivity index (χ1v) is 5.11. The van der Waals surface area contributed by atoms with Crippen LogP contribution in [0.5, 0.6) is 5.75 Å². The molecule has 0 aliphatic rings. The molecule has 0 aromatic heterocycles. The fourth-order valence-electron chi connectivity index (χ4n) is 1.14. The van der Waals surface area contributed by atoms with Gasteiger partial charge in [0.05, 0.1) is 0 Å². The van der Waals surface area contributed by atoms with Gasteiger partial charge in [0.15, 0.2) is 0 Å². The van der Waals surface area contributed by atoms with E-state index in [1.54, 1.807) is 24.3 Å². The molecule has 0 radical (unpaired) electrons. The van der Waals surface area contributed by atoms with Gasteiger partial charge in [-0.1, -0.05) is 55.5 Å². The van der Waals surface area contributed by atoms with Gasteiger partial charge in [-0.15, -0.1) is 0 Å². The number of hydrogen-bond acceptors (Lipinski definition) is 1. The molecule has 1 N–H and O–H groups in total. The number of rotatable bonds is 1. The third kappa shape index (κ3) is 4.87. The number of benzene rings is 2. The van der Waals surface area contributed by atoms with Gasteiger partial charge in [-0.05, 0) is 24.1 Å². The van der Waals surface area contributed by atoms with Gasteiger partial charge >= 0.3 is 0 Å². The van der Waals surface area contributed by atoms with Gasteiger partial charge in [-0.3, -0.25) is 0 Å². The normalized spacial score (nSPS) is 8.87. The van der Waals surface area contributed by atoms with Crippen molar-refractivity contribution in [1.29, 1.82) is 0 Å². The van der Waals surface area contributed by atoms with Gasteiger partial charge in [0.1, 0.15) is 5.75 Å². The second-order valence-electron chi connectivity index (χ2n) is 3.17. The molecule has 0 unspecified atom stereocenters. The highest BCUT2D eigenvalue weighted by atomic mass is 16.3. The highest BCUT2D eigenvalue weighted by molar-refractivity contribution is 5.18. The number of aryl methyl sites for hydroxylation is 1. The van der Waals surface area contributed by atoms with Crippen LogP contribution in [0, 0.1) is 0 Å². The Balaban J connectivity index is 0.000000151. The van der Waals surface area contributed by atoms with Gasteiger partial charge in [-0.2, -0.15) is 0 Å². The van der Waals surface area contributed by atoms with Crippen molar-refractivity contribution >= 4 is 0 Å². The SMILES string of the molecule is CCc1ccccc1.Oc1ccccc1. The molecule has 2 aromatic carbocycles. The van der Waals surface area contributed by atoms with E-state index in [-0.39, 0.29) is 0 Å². The topological polar surface area (TPSA) is 20.2 Å². The molecular weight excluding hydrogens is 184 g/mol. The Bertz CT molecular complexity index is 354.